The minimum Gasteiger partial charge on any atom is -0.381 e. The highest BCUT2D eigenvalue weighted by Gasteiger charge is 2.13. The zero-order valence-electron chi connectivity index (χ0n) is 12.9. The third kappa shape index (κ3) is 9.15. The smallest absolute Gasteiger partial charge is 0.188 e. The van der Waals surface area contributed by atoms with Crippen molar-refractivity contribution in [2.45, 2.75) is 58.0 Å². The summed E-state index contributed by atoms with van der Waals surface area (Å²) >= 11 is 0. The SMILES string of the molecule is CCCCCCNC(N)=NCCCOC1CCOCC1. The zero-order valence-corrected chi connectivity index (χ0v) is 12.9. The summed E-state index contributed by atoms with van der Waals surface area (Å²) in [5.41, 5.74) is 5.80. The Morgan fingerprint density at radius 1 is 1.25 bits per heavy atom. The normalized spacial score (nSPS) is 17.4. The fourth-order valence-corrected chi connectivity index (χ4v) is 2.18. The van der Waals surface area contributed by atoms with Crippen molar-refractivity contribution in [1.29, 1.82) is 0 Å². The summed E-state index contributed by atoms with van der Waals surface area (Å²) in [5.74, 6) is 0.563. The van der Waals surface area contributed by atoms with Crippen molar-refractivity contribution in [3.63, 3.8) is 0 Å². The summed E-state index contributed by atoms with van der Waals surface area (Å²) < 4.78 is 11.1. The number of nitrogens with one attached hydrogen (secondary N) is 1. The fraction of sp³-hybridized carbons (Fsp3) is 0.933. The highest BCUT2D eigenvalue weighted by atomic mass is 16.5. The van der Waals surface area contributed by atoms with E-state index in [0.29, 0.717) is 12.1 Å². The molecule has 0 bridgehead atoms. The lowest BCUT2D eigenvalue weighted by Gasteiger charge is -2.22. The molecule has 5 heteroatoms. The highest BCUT2D eigenvalue weighted by Crippen LogP contribution is 2.10. The summed E-state index contributed by atoms with van der Waals surface area (Å²) in [5, 5.41) is 3.15. The molecule has 1 heterocycles. The van der Waals surface area contributed by atoms with E-state index in [-0.39, 0.29) is 0 Å². The van der Waals surface area contributed by atoms with Crippen LogP contribution >= 0.6 is 0 Å². The molecule has 0 spiro atoms. The van der Waals surface area contributed by atoms with Gasteiger partial charge < -0.3 is 20.5 Å². The molecule has 0 amide bonds. The van der Waals surface area contributed by atoms with Gasteiger partial charge in [-0.15, -0.1) is 0 Å². The van der Waals surface area contributed by atoms with Gasteiger partial charge in [0.1, 0.15) is 0 Å². The number of hydrogen-bond donors (Lipinski definition) is 2. The predicted molar refractivity (Wildman–Crippen MR) is 83.0 cm³/mol. The lowest BCUT2D eigenvalue weighted by molar-refractivity contribution is -0.0318. The van der Waals surface area contributed by atoms with Gasteiger partial charge in [-0.05, 0) is 25.7 Å². The van der Waals surface area contributed by atoms with E-state index in [4.69, 9.17) is 15.2 Å². The molecule has 0 aromatic heterocycles. The molecule has 0 unspecified atom stereocenters. The van der Waals surface area contributed by atoms with Crippen LogP contribution in [0.25, 0.3) is 0 Å². The third-order valence-corrected chi connectivity index (χ3v) is 3.44. The van der Waals surface area contributed by atoms with Crippen molar-refractivity contribution in [2.24, 2.45) is 10.7 Å². The van der Waals surface area contributed by atoms with E-state index in [2.05, 4.69) is 17.2 Å². The first-order valence-electron chi connectivity index (χ1n) is 8.06. The summed E-state index contributed by atoms with van der Waals surface area (Å²) in [6.07, 6.45) is 8.32. The van der Waals surface area contributed by atoms with Crippen molar-refractivity contribution in [3.05, 3.63) is 0 Å². The van der Waals surface area contributed by atoms with E-state index in [1.807, 2.05) is 0 Å². The number of ether oxygens (including phenoxy) is 2. The van der Waals surface area contributed by atoms with Crippen LogP contribution in [0.15, 0.2) is 4.99 Å². The fourth-order valence-electron chi connectivity index (χ4n) is 2.18. The lowest BCUT2D eigenvalue weighted by atomic mass is 10.1. The van der Waals surface area contributed by atoms with Crippen LogP contribution in [0.5, 0.6) is 0 Å². The average molecular weight is 285 g/mol. The van der Waals surface area contributed by atoms with Crippen molar-refractivity contribution in [3.8, 4) is 0 Å². The molecule has 1 saturated heterocycles. The van der Waals surface area contributed by atoms with Gasteiger partial charge in [-0.3, -0.25) is 4.99 Å². The summed E-state index contributed by atoms with van der Waals surface area (Å²) in [4.78, 5) is 4.30. The molecular formula is C15H31N3O2. The number of unbranched alkanes of at least 4 members (excludes halogenated alkanes) is 3. The average Bonchev–Trinajstić information content (AvgIpc) is 2.48. The van der Waals surface area contributed by atoms with Crippen LogP contribution in [0.2, 0.25) is 0 Å². The van der Waals surface area contributed by atoms with E-state index in [1.165, 1.54) is 19.3 Å². The van der Waals surface area contributed by atoms with Gasteiger partial charge >= 0.3 is 0 Å². The van der Waals surface area contributed by atoms with Crippen molar-refractivity contribution < 1.29 is 9.47 Å². The molecular weight excluding hydrogens is 254 g/mol. The number of rotatable bonds is 10. The molecule has 118 valence electrons. The third-order valence-electron chi connectivity index (χ3n) is 3.44. The first-order chi connectivity index (χ1) is 9.83. The first kappa shape index (κ1) is 17.2. The van der Waals surface area contributed by atoms with E-state index in [9.17, 15) is 0 Å². The number of hydrogen-bond acceptors (Lipinski definition) is 3. The molecule has 1 fully saturated rings. The molecule has 1 aliphatic rings. The molecule has 1 aliphatic heterocycles. The summed E-state index contributed by atoms with van der Waals surface area (Å²) in [6.45, 7) is 6.30. The first-order valence-corrected chi connectivity index (χ1v) is 8.06. The van der Waals surface area contributed by atoms with Crippen molar-refractivity contribution >= 4 is 5.96 Å². The predicted octanol–water partition coefficient (Wildman–Crippen LogP) is 2.06. The molecule has 0 saturated carbocycles. The Morgan fingerprint density at radius 2 is 2.05 bits per heavy atom. The molecule has 20 heavy (non-hydrogen) atoms. The lowest BCUT2D eigenvalue weighted by Crippen LogP contribution is -2.32. The molecule has 0 radical (unpaired) electrons. The Hall–Kier alpha value is -0.810. The second kappa shape index (κ2) is 12.0. The monoisotopic (exact) mass is 285 g/mol. The molecule has 0 atom stereocenters. The Kier molecular flexibility index (Phi) is 10.3. The maximum atomic E-state index is 5.80. The van der Waals surface area contributed by atoms with Gasteiger partial charge in [-0.25, -0.2) is 0 Å². The quantitative estimate of drug-likeness (QED) is 0.366. The number of aliphatic imine (C=N–C) groups is 1. The van der Waals surface area contributed by atoms with Gasteiger partial charge in [-0.2, -0.15) is 0 Å². The summed E-state index contributed by atoms with van der Waals surface area (Å²) in [6, 6.07) is 0. The number of nitrogens with zero attached hydrogens (tertiary/aromatic N) is 1. The molecule has 0 aromatic rings. The number of nitrogens with two attached hydrogens (primary N) is 1. The molecule has 0 aromatic carbocycles. The minimum absolute atomic E-state index is 0.377. The van der Waals surface area contributed by atoms with E-state index in [0.717, 1.165) is 58.6 Å². The van der Waals surface area contributed by atoms with Crippen LogP contribution < -0.4 is 11.1 Å². The Morgan fingerprint density at radius 3 is 2.80 bits per heavy atom. The maximum absolute atomic E-state index is 5.80. The van der Waals surface area contributed by atoms with E-state index in [1.54, 1.807) is 0 Å². The Labute approximate surface area is 123 Å². The van der Waals surface area contributed by atoms with Crippen LogP contribution in [-0.2, 0) is 9.47 Å². The van der Waals surface area contributed by atoms with E-state index < -0.39 is 0 Å². The molecule has 0 aliphatic carbocycles. The largest absolute Gasteiger partial charge is 0.381 e. The second-order valence-electron chi connectivity index (χ2n) is 5.29. The van der Waals surface area contributed by atoms with E-state index >= 15 is 0 Å². The van der Waals surface area contributed by atoms with Gasteiger partial charge in [0.2, 0.25) is 0 Å². The van der Waals surface area contributed by atoms with Crippen LogP contribution in [0.1, 0.15) is 51.9 Å². The second-order valence-corrected chi connectivity index (χ2v) is 5.29. The molecule has 3 N–H and O–H groups in total. The number of guanidine groups is 1. The zero-order chi connectivity index (χ0) is 14.5. The highest BCUT2D eigenvalue weighted by molar-refractivity contribution is 5.77. The minimum atomic E-state index is 0.377. The van der Waals surface area contributed by atoms with Crippen LogP contribution in [0, 0.1) is 0 Å². The Bertz CT molecular complexity index is 254. The van der Waals surface area contributed by atoms with Gasteiger partial charge in [0, 0.05) is 32.9 Å². The van der Waals surface area contributed by atoms with Gasteiger partial charge in [0.25, 0.3) is 0 Å². The maximum Gasteiger partial charge on any atom is 0.188 e. The molecule has 5 nitrogen and oxygen atoms in total. The standard InChI is InChI=1S/C15H31N3O2/c1-2-3-4-5-9-17-15(16)18-10-6-11-20-14-7-12-19-13-8-14/h14H,2-13H2,1H3,(H3,16,17,18). The topological polar surface area (TPSA) is 68.9 Å². The molecule has 1 rings (SSSR count). The van der Waals surface area contributed by atoms with Crippen LogP contribution in [0.3, 0.4) is 0 Å². The Balaban J connectivity index is 1.91. The van der Waals surface area contributed by atoms with Gasteiger partial charge in [0.15, 0.2) is 5.96 Å². The van der Waals surface area contributed by atoms with Crippen molar-refractivity contribution in [2.75, 3.05) is 32.9 Å². The summed E-state index contributed by atoms with van der Waals surface area (Å²) in [7, 11) is 0. The van der Waals surface area contributed by atoms with Crippen LogP contribution in [0.4, 0.5) is 0 Å². The van der Waals surface area contributed by atoms with Gasteiger partial charge in [0.05, 0.1) is 6.10 Å². The van der Waals surface area contributed by atoms with Crippen molar-refractivity contribution in [1.82, 2.24) is 5.32 Å². The van der Waals surface area contributed by atoms with Crippen LogP contribution in [-0.4, -0.2) is 45.0 Å². The van der Waals surface area contributed by atoms with Gasteiger partial charge in [-0.1, -0.05) is 26.2 Å².